The number of hydrogen-bond acceptors (Lipinski definition) is 5. The third-order valence-electron chi connectivity index (χ3n) is 5.43. The van der Waals surface area contributed by atoms with E-state index in [-0.39, 0.29) is 25.5 Å². The Balaban J connectivity index is 1.89. The number of carbonyl (C=O) groups is 1. The highest BCUT2D eigenvalue weighted by Gasteiger charge is 2.61. The fourth-order valence-electron chi connectivity index (χ4n) is 3.87. The van der Waals surface area contributed by atoms with Gasteiger partial charge in [0.1, 0.15) is 5.60 Å². The zero-order valence-electron chi connectivity index (χ0n) is 15.0. The normalized spacial score (nSPS) is 23.0. The van der Waals surface area contributed by atoms with Gasteiger partial charge in [0, 0.05) is 13.7 Å². The van der Waals surface area contributed by atoms with E-state index in [2.05, 4.69) is 10.2 Å². The van der Waals surface area contributed by atoms with Crippen LogP contribution in [0, 0.1) is 0 Å². The lowest BCUT2D eigenvalue weighted by atomic mass is 9.79. The molecule has 1 aromatic rings. The van der Waals surface area contributed by atoms with Crippen molar-refractivity contribution < 1.29 is 23.0 Å². The molecular formula is C18H25F2N3O3. The Labute approximate surface area is 151 Å². The Kier molecular flexibility index (Phi) is 5.82. The first kappa shape index (κ1) is 19.1. The predicted molar refractivity (Wildman–Crippen MR) is 91.1 cm³/mol. The molecule has 0 N–H and O–H groups in total. The van der Waals surface area contributed by atoms with Crippen LogP contribution in [0.4, 0.5) is 14.5 Å². The van der Waals surface area contributed by atoms with Crippen LogP contribution in [0.25, 0.3) is 0 Å². The summed E-state index contributed by atoms with van der Waals surface area (Å²) in [7, 11) is 1.27. The van der Waals surface area contributed by atoms with Crippen molar-refractivity contribution >= 4 is 11.6 Å². The lowest BCUT2D eigenvalue weighted by Gasteiger charge is -2.42. The fraction of sp³-hybridized carbons (Fsp3) is 0.722. The van der Waals surface area contributed by atoms with Crippen molar-refractivity contribution in [2.75, 3.05) is 25.2 Å². The maximum absolute atomic E-state index is 15.4. The second-order valence-electron chi connectivity index (χ2n) is 6.98. The van der Waals surface area contributed by atoms with Gasteiger partial charge < -0.3 is 14.4 Å². The van der Waals surface area contributed by atoms with E-state index in [1.165, 1.54) is 25.6 Å². The molecular weight excluding hydrogens is 344 g/mol. The molecule has 1 unspecified atom stereocenters. The highest BCUT2D eigenvalue weighted by Crippen LogP contribution is 2.44. The summed E-state index contributed by atoms with van der Waals surface area (Å²) in [6.45, 7) is 0.652. The molecule has 3 rings (SSSR count). The summed E-state index contributed by atoms with van der Waals surface area (Å²) < 4.78 is 41.6. The van der Waals surface area contributed by atoms with Crippen molar-refractivity contribution in [3.8, 4) is 0 Å². The first-order valence-corrected chi connectivity index (χ1v) is 9.13. The molecule has 1 aliphatic carbocycles. The second kappa shape index (κ2) is 7.92. The molecule has 0 bridgehead atoms. The summed E-state index contributed by atoms with van der Waals surface area (Å²) in [6, 6.07) is 1.51. The van der Waals surface area contributed by atoms with E-state index in [9.17, 15) is 4.79 Å². The van der Waals surface area contributed by atoms with E-state index < -0.39 is 17.4 Å². The Morgan fingerprint density at radius 2 is 2.12 bits per heavy atom. The van der Waals surface area contributed by atoms with Gasteiger partial charge in [-0.2, -0.15) is 19.0 Å². The van der Waals surface area contributed by atoms with Crippen LogP contribution in [-0.2, 0) is 14.3 Å². The lowest BCUT2D eigenvalue weighted by Crippen LogP contribution is -2.60. The molecule has 6 nitrogen and oxygen atoms in total. The average molecular weight is 369 g/mol. The molecule has 0 aromatic carbocycles. The molecule has 2 heterocycles. The van der Waals surface area contributed by atoms with Gasteiger partial charge in [0.05, 0.1) is 30.7 Å². The molecule has 1 atom stereocenters. The maximum Gasteiger partial charge on any atom is 0.353 e. The summed E-state index contributed by atoms with van der Waals surface area (Å²) in [6.07, 6.45) is 6.52. The number of methoxy groups -OCH3 is 1. The van der Waals surface area contributed by atoms with Crippen LogP contribution in [0.2, 0.25) is 0 Å². The molecule has 1 saturated heterocycles. The minimum absolute atomic E-state index is 0.0694. The van der Waals surface area contributed by atoms with E-state index in [4.69, 9.17) is 9.47 Å². The number of hydrogen-bond donors (Lipinski definition) is 0. The highest BCUT2D eigenvalue weighted by molar-refractivity contribution is 5.99. The van der Waals surface area contributed by atoms with Gasteiger partial charge in [0.25, 0.3) is 0 Å². The number of rotatable bonds is 6. The largest absolute Gasteiger partial charge is 0.376 e. The Morgan fingerprint density at radius 3 is 2.69 bits per heavy atom. The molecule has 1 aromatic heterocycles. The van der Waals surface area contributed by atoms with Crippen LogP contribution in [0.15, 0.2) is 18.5 Å². The average Bonchev–Trinajstić information content (AvgIpc) is 3.20. The van der Waals surface area contributed by atoms with E-state index in [0.717, 1.165) is 24.2 Å². The Bertz CT molecular complexity index is 603. The monoisotopic (exact) mass is 369 g/mol. The number of anilines is 1. The van der Waals surface area contributed by atoms with Crippen molar-refractivity contribution in [1.82, 2.24) is 10.2 Å². The molecule has 0 radical (unpaired) electrons. The van der Waals surface area contributed by atoms with Crippen LogP contribution >= 0.6 is 0 Å². The number of alkyl halides is 2. The Hall–Kier alpha value is -1.67. The number of amides is 1. The lowest BCUT2D eigenvalue weighted by molar-refractivity contribution is -0.209. The third kappa shape index (κ3) is 3.57. The molecule has 1 aliphatic heterocycles. The molecule has 26 heavy (non-hydrogen) atoms. The number of halogens is 2. The topological polar surface area (TPSA) is 64.5 Å². The first-order valence-electron chi connectivity index (χ1n) is 9.13. The predicted octanol–water partition coefficient (Wildman–Crippen LogP) is 2.97. The van der Waals surface area contributed by atoms with Gasteiger partial charge in [-0.1, -0.05) is 19.3 Å². The summed E-state index contributed by atoms with van der Waals surface area (Å²) in [4.78, 5) is 14.1. The molecule has 2 fully saturated rings. The summed E-state index contributed by atoms with van der Waals surface area (Å²) in [5.41, 5.74) is -1.46. The van der Waals surface area contributed by atoms with Crippen molar-refractivity contribution in [3.63, 3.8) is 0 Å². The van der Waals surface area contributed by atoms with Crippen molar-refractivity contribution in [2.24, 2.45) is 0 Å². The number of aromatic nitrogens is 2. The molecule has 2 aliphatic rings. The highest BCUT2D eigenvalue weighted by atomic mass is 19.3. The molecule has 144 valence electrons. The zero-order chi connectivity index (χ0) is 18.6. The van der Waals surface area contributed by atoms with Crippen molar-refractivity contribution in [2.45, 2.75) is 62.6 Å². The summed E-state index contributed by atoms with van der Waals surface area (Å²) in [5, 5.41) is 7.40. The minimum Gasteiger partial charge on any atom is -0.376 e. The van der Waals surface area contributed by atoms with Gasteiger partial charge >= 0.3 is 11.8 Å². The van der Waals surface area contributed by atoms with Gasteiger partial charge in [-0.25, -0.2) is 0 Å². The van der Waals surface area contributed by atoms with E-state index in [1.807, 2.05) is 0 Å². The van der Waals surface area contributed by atoms with Crippen molar-refractivity contribution in [3.05, 3.63) is 18.5 Å². The van der Waals surface area contributed by atoms with Crippen LogP contribution in [-0.4, -0.2) is 54.0 Å². The smallest absolute Gasteiger partial charge is 0.353 e. The van der Waals surface area contributed by atoms with Crippen LogP contribution in [0.1, 0.15) is 44.9 Å². The quantitative estimate of drug-likeness (QED) is 0.771. The molecule has 8 heteroatoms. The first-order chi connectivity index (χ1) is 12.5. The van der Waals surface area contributed by atoms with Gasteiger partial charge in [0.15, 0.2) is 0 Å². The third-order valence-corrected chi connectivity index (χ3v) is 5.43. The SMILES string of the molecule is COC1(C(F)(F)C(=O)N(CC2CCCO2)c2ccnnc2)CCCCC1. The number of nitrogens with zero attached hydrogens (tertiary/aromatic N) is 3. The summed E-state index contributed by atoms with van der Waals surface area (Å²) >= 11 is 0. The van der Waals surface area contributed by atoms with Crippen molar-refractivity contribution in [1.29, 1.82) is 0 Å². The van der Waals surface area contributed by atoms with Gasteiger partial charge in [-0.3, -0.25) is 4.79 Å². The van der Waals surface area contributed by atoms with Gasteiger partial charge in [-0.15, -0.1) is 0 Å². The summed E-state index contributed by atoms with van der Waals surface area (Å²) in [5.74, 6) is -4.89. The van der Waals surface area contributed by atoms with Crippen LogP contribution < -0.4 is 4.90 Å². The maximum atomic E-state index is 15.4. The Morgan fingerprint density at radius 1 is 1.35 bits per heavy atom. The van der Waals surface area contributed by atoms with E-state index in [0.29, 0.717) is 25.1 Å². The molecule has 0 spiro atoms. The van der Waals surface area contributed by atoms with Gasteiger partial charge in [-0.05, 0) is 31.7 Å². The van der Waals surface area contributed by atoms with Crippen LogP contribution in [0.3, 0.4) is 0 Å². The van der Waals surface area contributed by atoms with Gasteiger partial charge in [0.2, 0.25) is 0 Å². The standard InChI is InChI=1S/C18H25F2N3O3/c1-25-17(8-3-2-4-9-17)18(19,20)16(24)23(13-15-6-5-11-26-15)14-7-10-21-22-12-14/h7,10,12,15H,2-6,8-9,11,13H2,1H3. The number of ether oxygens (including phenoxy) is 2. The molecule has 1 amide bonds. The van der Waals surface area contributed by atoms with E-state index in [1.54, 1.807) is 0 Å². The minimum atomic E-state index is -3.63. The van der Waals surface area contributed by atoms with E-state index >= 15 is 8.78 Å². The van der Waals surface area contributed by atoms with Crippen LogP contribution in [0.5, 0.6) is 0 Å². The second-order valence-corrected chi connectivity index (χ2v) is 6.98. The zero-order valence-corrected chi connectivity index (χ0v) is 15.0. The number of carbonyl (C=O) groups excluding carboxylic acids is 1. The molecule has 1 saturated carbocycles. The fourth-order valence-corrected chi connectivity index (χ4v) is 3.87.